The minimum absolute atomic E-state index is 0.440. The van der Waals surface area contributed by atoms with Crippen LogP contribution in [0.5, 0.6) is 0 Å². The number of hydrogen-bond acceptors (Lipinski definition) is 3. The zero-order valence-electron chi connectivity index (χ0n) is 10.5. The van der Waals surface area contributed by atoms with Crippen LogP contribution >= 0.6 is 0 Å². The number of nitrogens with zero attached hydrogens (tertiary/aromatic N) is 3. The Morgan fingerprint density at radius 1 is 1.35 bits per heavy atom. The molecule has 0 radical (unpaired) electrons. The Morgan fingerprint density at radius 2 is 2.12 bits per heavy atom. The second-order valence-electron chi connectivity index (χ2n) is 5.01. The fraction of sp³-hybridized carbons (Fsp3) is 0.385. The van der Waals surface area contributed by atoms with E-state index in [1.54, 1.807) is 0 Å². The van der Waals surface area contributed by atoms with Gasteiger partial charge in [0.2, 0.25) is 0 Å². The van der Waals surface area contributed by atoms with E-state index in [4.69, 9.17) is 5.73 Å². The highest BCUT2D eigenvalue weighted by Gasteiger charge is 2.18. The van der Waals surface area contributed by atoms with Crippen LogP contribution < -0.4 is 5.73 Å². The minimum atomic E-state index is -0.440. The van der Waals surface area contributed by atoms with Gasteiger partial charge < -0.3 is 5.73 Å². The van der Waals surface area contributed by atoms with Crippen LogP contribution in [0.4, 0.5) is 0 Å². The quantitative estimate of drug-likeness (QED) is 0.875. The summed E-state index contributed by atoms with van der Waals surface area (Å²) in [6, 6.07) is 8.37. The van der Waals surface area contributed by atoms with Crippen LogP contribution in [0.15, 0.2) is 30.5 Å². The van der Waals surface area contributed by atoms with Crippen molar-refractivity contribution in [3.8, 4) is 0 Å². The molecule has 0 aliphatic heterocycles. The fourth-order valence-electron chi connectivity index (χ4n) is 1.67. The van der Waals surface area contributed by atoms with E-state index in [0.717, 1.165) is 12.2 Å². The van der Waals surface area contributed by atoms with Crippen molar-refractivity contribution in [1.29, 1.82) is 0 Å². The maximum Gasteiger partial charge on any atom is 0.102 e. The van der Waals surface area contributed by atoms with Crippen molar-refractivity contribution in [2.75, 3.05) is 0 Å². The molecule has 90 valence electrons. The Labute approximate surface area is 101 Å². The summed E-state index contributed by atoms with van der Waals surface area (Å²) in [5.41, 5.74) is 8.81. The van der Waals surface area contributed by atoms with Gasteiger partial charge in [0.15, 0.2) is 0 Å². The lowest BCUT2D eigenvalue weighted by Gasteiger charge is -2.13. The van der Waals surface area contributed by atoms with Crippen molar-refractivity contribution < 1.29 is 0 Å². The maximum absolute atomic E-state index is 5.97. The summed E-state index contributed by atoms with van der Waals surface area (Å²) in [6.45, 7) is 6.66. The van der Waals surface area contributed by atoms with Gasteiger partial charge in [-0.1, -0.05) is 35.0 Å². The number of nitrogens with two attached hydrogens (primary N) is 1. The van der Waals surface area contributed by atoms with Crippen molar-refractivity contribution in [1.82, 2.24) is 15.0 Å². The van der Waals surface area contributed by atoms with Crippen molar-refractivity contribution in [3.63, 3.8) is 0 Å². The minimum Gasteiger partial charge on any atom is -0.320 e. The van der Waals surface area contributed by atoms with E-state index in [1.165, 1.54) is 11.1 Å². The summed E-state index contributed by atoms with van der Waals surface area (Å²) in [6.07, 6.45) is 1.91. The molecule has 4 heteroatoms. The zero-order chi connectivity index (χ0) is 12.5. The molecule has 2 N–H and O–H groups in total. The van der Waals surface area contributed by atoms with Gasteiger partial charge in [0.25, 0.3) is 0 Å². The van der Waals surface area contributed by atoms with Gasteiger partial charge >= 0.3 is 0 Å². The third-order valence-electron chi connectivity index (χ3n) is 2.63. The average Bonchev–Trinajstić information content (AvgIpc) is 2.65. The van der Waals surface area contributed by atoms with Crippen LogP contribution in [0.25, 0.3) is 0 Å². The number of aryl methyl sites for hydroxylation is 1. The first-order valence-electron chi connectivity index (χ1n) is 5.70. The molecule has 1 aromatic carbocycles. The Bertz CT molecular complexity index is 508. The largest absolute Gasteiger partial charge is 0.320 e. The summed E-state index contributed by atoms with van der Waals surface area (Å²) >= 11 is 0. The summed E-state index contributed by atoms with van der Waals surface area (Å²) in [7, 11) is 0. The first-order valence-corrected chi connectivity index (χ1v) is 5.70. The van der Waals surface area contributed by atoms with Gasteiger partial charge in [-0.05, 0) is 26.3 Å². The smallest absolute Gasteiger partial charge is 0.102 e. The number of hydrogen-bond donors (Lipinski definition) is 1. The van der Waals surface area contributed by atoms with E-state index in [0.29, 0.717) is 0 Å². The molecule has 4 nitrogen and oxygen atoms in total. The Morgan fingerprint density at radius 3 is 2.71 bits per heavy atom. The second kappa shape index (κ2) is 4.30. The van der Waals surface area contributed by atoms with E-state index in [1.807, 2.05) is 24.7 Å². The summed E-state index contributed by atoms with van der Waals surface area (Å²) in [5, 5.41) is 8.19. The van der Waals surface area contributed by atoms with Gasteiger partial charge in [0, 0.05) is 0 Å². The van der Waals surface area contributed by atoms with Gasteiger partial charge in [-0.3, -0.25) is 0 Å². The normalized spacial score (nSPS) is 11.8. The SMILES string of the molecule is Cc1cccc(Cn2cc(C(C)(C)N)nn2)c1. The summed E-state index contributed by atoms with van der Waals surface area (Å²) < 4.78 is 1.82. The van der Waals surface area contributed by atoms with Crippen LogP contribution in [0.1, 0.15) is 30.7 Å². The highest BCUT2D eigenvalue weighted by molar-refractivity contribution is 5.22. The van der Waals surface area contributed by atoms with Gasteiger partial charge in [-0.25, -0.2) is 4.68 Å². The summed E-state index contributed by atoms with van der Waals surface area (Å²) in [5.74, 6) is 0. The van der Waals surface area contributed by atoms with E-state index < -0.39 is 5.54 Å². The van der Waals surface area contributed by atoms with Crippen molar-refractivity contribution in [2.24, 2.45) is 5.73 Å². The lowest BCUT2D eigenvalue weighted by atomic mass is 10.0. The molecule has 0 bridgehead atoms. The Hall–Kier alpha value is -1.68. The number of rotatable bonds is 3. The van der Waals surface area contributed by atoms with Gasteiger partial charge in [-0.15, -0.1) is 5.10 Å². The predicted molar refractivity (Wildman–Crippen MR) is 67.5 cm³/mol. The molecule has 0 spiro atoms. The Balaban J connectivity index is 2.17. The number of benzene rings is 1. The van der Waals surface area contributed by atoms with Crippen LogP contribution in [-0.2, 0) is 12.1 Å². The molecular formula is C13H18N4. The van der Waals surface area contributed by atoms with Crippen LogP contribution in [0.2, 0.25) is 0 Å². The standard InChI is InChI=1S/C13H18N4/c1-10-5-4-6-11(7-10)8-17-9-12(15-16-17)13(2,3)14/h4-7,9H,8,14H2,1-3H3. The van der Waals surface area contributed by atoms with E-state index in [-0.39, 0.29) is 0 Å². The first kappa shape index (κ1) is 11.8. The molecule has 0 fully saturated rings. The zero-order valence-corrected chi connectivity index (χ0v) is 10.5. The summed E-state index contributed by atoms with van der Waals surface area (Å²) in [4.78, 5) is 0. The molecule has 0 aliphatic carbocycles. The van der Waals surface area contributed by atoms with Crippen LogP contribution in [0.3, 0.4) is 0 Å². The molecule has 0 aliphatic rings. The topological polar surface area (TPSA) is 56.7 Å². The monoisotopic (exact) mass is 230 g/mol. The van der Waals surface area contributed by atoms with E-state index in [9.17, 15) is 0 Å². The molecular weight excluding hydrogens is 212 g/mol. The highest BCUT2D eigenvalue weighted by atomic mass is 15.4. The second-order valence-corrected chi connectivity index (χ2v) is 5.01. The molecule has 0 saturated heterocycles. The average molecular weight is 230 g/mol. The maximum atomic E-state index is 5.97. The molecule has 0 saturated carbocycles. The molecule has 0 atom stereocenters. The predicted octanol–water partition coefficient (Wildman–Crippen LogP) is 1.83. The Kier molecular flexibility index (Phi) is 2.98. The molecule has 17 heavy (non-hydrogen) atoms. The van der Waals surface area contributed by atoms with Crippen molar-refractivity contribution >= 4 is 0 Å². The molecule has 2 rings (SSSR count). The molecule has 0 unspecified atom stereocenters. The molecule has 2 aromatic rings. The molecule has 0 amide bonds. The molecule has 1 heterocycles. The third kappa shape index (κ3) is 2.91. The van der Waals surface area contributed by atoms with Gasteiger partial charge in [-0.2, -0.15) is 0 Å². The van der Waals surface area contributed by atoms with Crippen LogP contribution in [-0.4, -0.2) is 15.0 Å². The lowest BCUT2D eigenvalue weighted by molar-refractivity contribution is 0.533. The van der Waals surface area contributed by atoms with E-state index >= 15 is 0 Å². The number of aromatic nitrogens is 3. The van der Waals surface area contributed by atoms with Gasteiger partial charge in [0.1, 0.15) is 5.69 Å². The van der Waals surface area contributed by atoms with Crippen molar-refractivity contribution in [3.05, 3.63) is 47.3 Å². The van der Waals surface area contributed by atoms with Crippen LogP contribution in [0, 0.1) is 6.92 Å². The third-order valence-corrected chi connectivity index (χ3v) is 2.63. The van der Waals surface area contributed by atoms with Gasteiger partial charge in [0.05, 0.1) is 18.3 Å². The lowest BCUT2D eigenvalue weighted by Crippen LogP contribution is -2.29. The van der Waals surface area contributed by atoms with E-state index in [2.05, 4.69) is 41.5 Å². The highest BCUT2D eigenvalue weighted by Crippen LogP contribution is 2.13. The fourth-order valence-corrected chi connectivity index (χ4v) is 1.67. The van der Waals surface area contributed by atoms with Crippen molar-refractivity contribution in [2.45, 2.75) is 32.9 Å². The first-order chi connectivity index (χ1) is 7.95. The molecule has 1 aromatic heterocycles.